The molecule has 0 fully saturated rings. The molecule has 17 heavy (non-hydrogen) atoms. The monoisotopic (exact) mass is 240 g/mol. The van der Waals surface area contributed by atoms with Gasteiger partial charge in [-0.1, -0.05) is 66.4 Å². The molecule has 0 aliphatic heterocycles. The molecule has 0 nitrogen and oxygen atoms in total. The molecule has 0 N–H and O–H groups in total. The van der Waals surface area contributed by atoms with Crippen molar-refractivity contribution in [1.82, 2.24) is 0 Å². The van der Waals surface area contributed by atoms with Crippen LogP contribution in [0, 0.1) is 0 Å². The van der Waals surface area contributed by atoms with Crippen LogP contribution in [-0.4, -0.2) is 0 Å². The van der Waals surface area contributed by atoms with E-state index in [2.05, 4.69) is 66.1 Å². The van der Waals surface area contributed by atoms with Crippen LogP contribution in [0.3, 0.4) is 0 Å². The minimum Gasteiger partial charge on any atom is -0.0984 e. The van der Waals surface area contributed by atoms with E-state index in [1.54, 1.807) is 11.8 Å². The highest BCUT2D eigenvalue weighted by molar-refractivity contribution is 8.02. The first kappa shape index (κ1) is 12.0. The molecule has 0 saturated carbocycles. The molecule has 0 atom stereocenters. The lowest BCUT2D eigenvalue weighted by Gasteiger charge is -1.97. The Balaban J connectivity index is 1.72. The molecule has 0 unspecified atom stereocenters. The summed E-state index contributed by atoms with van der Waals surface area (Å²) in [5.74, 6) is 0. The molecule has 0 aromatic heterocycles. The smallest absolute Gasteiger partial charge is 0.0116 e. The van der Waals surface area contributed by atoms with E-state index in [0.717, 1.165) is 12.8 Å². The Hall–Kier alpha value is -1.47. The first-order chi connectivity index (χ1) is 8.45. The van der Waals surface area contributed by atoms with Gasteiger partial charge in [0, 0.05) is 4.90 Å². The number of benzene rings is 2. The number of hydrogen-bond donors (Lipinski definition) is 0. The highest BCUT2D eigenvalue weighted by Crippen LogP contribution is 2.18. The number of allylic oxidation sites excluding steroid dienone is 1. The van der Waals surface area contributed by atoms with E-state index >= 15 is 0 Å². The molecule has 0 amide bonds. The van der Waals surface area contributed by atoms with Gasteiger partial charge >= 0.3 is 0 Å². The van der Waals surface area contributed by atoms with Gasteiger partial charge in [-0.15, -0.1) is 0 Å². The highest BCUT2D eigenvalue weighted by atomic mass is 32.2. The normalized spacial score (nSPS) is 10.8. The third-order valence-corrected chi connectivity index (χ3v) is 3.36. The molecule has 0 heterocycles. The first-order valence-electron chi connectivity index (χ1n) is 5.86. The van der Waals surface area contributed by atoms with E-state index < -0.39 is 0 Å². The average molecular weight is 240 g/mol. The molecule has 2 aromatic carbocycles. The summed E-state index contributed by atoms with van der Waals surface area (Å²) < 4.78 is 0. The van der Waals surface area contributed by atoms with Crippen molar-refractivity contribution >= 4 is 11.8 Å². The number of thioether (sulfide) groups is 1. The van der Waals surface area contributed by atoms with Crippen molar-refractivity contribution in [3.8, 4) is 0 Å². The predicted molar refractivity (Wildman–Crippen MR) is 76.2 cm³/mol. The number of hydrogen-bond acceptors (Lipinski definition) is 1. The second-order valence-corrected chi connectivity index (χ2v) is 4.81. The lowest BCUT2D eigenvalue weighted by Crippen LogP contribution is -1.80. The van der Waals surface area contributed by atoms with Gasteiger partial charge in [0.1, 0.15) is 0 Å². The van der Waals surface area contributed by atoms with Crippen LogP contribution in [0.1, 0.15) is 12.0 Å². The van der Waals surface area contributed by atoms with E-state index in [1.807, 2.05) is 6.07 Å². The fourth-order valence-corrected chi connectivity index (χ4v) is 2.29. The van der Waals surface area contributed by atoms with E-state index in [1.165, 1.54) is 10.5 Å². The second-order valence-electron chi connectivity index (χ2n) is 3.83. The molecular weight excluding hydrogens is 224 g/mol. The molecule has 0 radical (unpaired) electrons. The number of aryl methyl sites for hydroxylation is 1. The van der Waals surface area contributed by atoms with Gasteiger partial charge in [0.25, 0.3) is 0 Å². The molecule has 0 spiro atoms. The molecule has 2 aromatic rings. The average Bonchev–Trinajstić information content (AvgIpc) is 2.41. The van der Waals surface area contributed by atoms with Crippen LogP contribution in [-0.2, 0) is 6.42 Å². The SMILES string of the molecule is C(=C/Sc1ccccc1)/CCc1ccccc1. The second kappa shape index (κ2) is 6.97. The summed E-state index contributed by atoms with van der Waals surface area (Å²) in [7, 11) is 0. The zero-order valence-corrected chi connectivity index (χ0v) is 10.6. The van der Waals surface area contributed by atoms with Crippen molar-refractivity contribution in [2.45, 2.75) is 17.7 Å². The molecule has 2 rings (SSSR count). The Morgan fingerprint density at radius 1 is 0.824 bits per heavy atom. The van der Waals surface area contributed by atoms with Gasteiger partial charge in [0.05, 0.1) is 0 Å². The Morgan fingerprint density at radius 3 is 2.18 bits per heavy atom. The maximum atomic E-state index is 2.24. The van der Waals surface area contributed by atoms with Gasteiger partial charge < -0.3 is 0 Å². The quantitative estimate of drug-likeness (QED) is 0.668. The summed E-state index contributed by atoms with van der Waals surface area (Å²) >= 11 is 1.78. The highest BCUT2D eigenvalue weighted by Gasteiger charge is 1.89. The first-order valence-corrected chi connectivity index (χ1v) is 6.74. The van der Waals surface area contributed by atoms with E-state index in [9.17, 15) is 0 Å². The van der Waals surface area contributed by atoms with Crippen LogP contribution in [0.25, 0.3) is 0 Å². The summed E-state index contributed by atoms with van der Waals surface area (Å²) in [4.78, 5) is 1.29. The summed E-state index contributed by atoms with van der Waals surface area (Å²) in [5, 5.41) is 2.18. The minimum absolute atomic E-state index is 1.10. The topological polar surface area (TPSA) is 0 Å². The maximum absolute atomic E-state index is 2.24. The van der Waals surface area contributed by atoms with Crippen molar-refractivity contribution in [2.75, 3.05) is 0 Å². The predicted octanol–water partition coefficient (Wildman–Crippen LogP) is 4.93. The molecular formula is C16H16S. The van der Waals surface area contributed by atoms with Gasteiger partial charge in [0.2, 0.25) is 0 Å². The van der Waals surface area contributed by atoms with E-state index in [-0.39, 0.29) is 0 Å². The van der Waals surface area contributed by atoms with Gasteiger partial charge in [-0.2, -0.15) is 0 Å². The lowest BCUT2D eigenvalue weighted by atomic mass is 10.1. The zero-order valence-electron chi connectivity index (χ0n) is 9.75. The molecule has 0 bridgehead atoms. The van der Waals surface area contributed by atoms with Gasteiger partial charge in [-0.3, -0.25) is 0 Å². The largest absolute Gasteiger partial charge is 0.0984 e. The van der Waals surface area contributed by atoms with Crippen molar-refractivity contribution in [2.24, 2.45) is 0 Å². The molecule has 0 aliphatic rings. The minimum atomic E-state index is 1.10. The fourth-order valence-electron chi connectivity index (χ4n) is 1.59. The third kappa shape index (κ3) is 4.49. The molecule has 86 valence electrons. The summed E-state index contributed by atoms with van der Waals surface area (Å²) in [6, 6.07) is 21.1. The molecule has 0 saturated heterocycles. The maximum Gasteiger partial charge on any atom is 0.0116 e. The van der Waals surface area contributed by atoms with Crippen LogP contribution in [0.5, 0.6) is 0 Å². The molecule has 0 aliphatic carbocycles. The van der Waals surface area contributed by atoms with Crippen LogP contribution in [0.4, 0.5) is 0 Å². The zero-order chi connectivity index (χ0) is 11.8. The van der Waals surface area contributed by atoms with Gasteiger partial charge in [0.15, 0.2) is 0 Å². The Morgan fingerprint density at radius 2 is 1.47 bits per heavy atom. The Labute approximate surface area is 107 Å². The number of rotatable bonds is 5. The third-order valence-electron chi connectivity index (χ3n) is 2.49. The fraction of sp³-hybridized carbons (Fsp3) is 0.125. The van der Waals surface area contributed by atoms with Crippen molar-refractivity contribution < 1.29 is 0 Å². The van der Waals surface area contributed by atoms with Crippen molar-refractivity contribution in [1.29, 1.82) is 0 Å². The summed E-state index contributed by atoms with van der Waals surface area (Å²) in [6.07, 6.45) is 4.46. The van der Waals surface area contributed by atoms with Gasteiger partial charge in [-0.25, -0.2) is 0 Å². The van der Waals surface area contributed by atoms with Crippen LogP contribution in [0.15, 0.2) is 77.0 Å². The van der Waals surface area contributed by atoms with E-state index in [4.69, 9.17) is 0 Å². The van der Waals surface area contributed by atoms with Crippen LogP contribution in [0.2, 0.25) is 0 Å². The van der Waals surface area contributed by atoms with Crippen molar-refractivity contribution in [3.63, 3.8) is 0 Å². The standard InChI is InChI=1S/C16H16S/c1-3-9-15(10-4-1)11-7-8-14-17-16-12-5-2-6-13-16/h1-6,8-10,12-14H,7,11H2/b14-8-. The molecule has 1 heteroatoms. The van der Waals surface area contributed by atoms with Crippen LogP contribution >= 0.6 is 11.8 Å². The lowest BCUT2D eigenvalue weighted by molar-refractivity contribution is 1.00. The van der Waals surface area contributed by atoms with Crippen molar-refractivity contribution in [3.05, 3.63) is 77.7 Å². The summed E-state index contributed by atoms with van der Waals surface area (Å²) in [5.41, 5.74) is 1.40. The Bertz CT molecular complexity index is 445. The Kier molecular flexibility index (Phi) is 4.92. The van der Waals surface area contributed by atoms with Gasteiger partial charge in [-0.05, 0) is 35.9 Å². The van der Waals surface area contributed by atoms with Crippen LogP contribution < -0.4 is 0 Å². The van der Waals surface area contributed by atoms with E-state index in [0.29, 0.717) is 0 Å². The summed E-state index contributed by atoms with van der Waals surface area (Å²) in [6.45, 7) is 0.